The first-order valence-corrected chi connectivity index (χ1v) is 14.8. The number of methoxy groups -OCH3 is 3. The number of aromatic hydroxyl groups is 3. The summed E-state index contributed by atoms with van der Waals surface area (Å²) in [5.41, 5.74) is -0.175. The number of hydrogen-bond acceptors (Lipinski definition) is 16. The first kappa shape index (κ1) is 35.5. The molecule has 0 amide bonds. The molecule has 264 valence electrons. The van der Waals surface area contributed by atoms with Gasteiger partial charge in [-0.25, -0.2) is 0 Å². The molecule has 0 unspecified atom stereocenters. The third-order valence-corrected chi connectivity index (χ3v) is 7.99. The lowest BCUT2D eigenvalue weighted by Crippen LogP contribution is -2.59. The van der Waals surface area contributed by atoms with Crippen LogP contribution in [0.3, 0.4) is 0 Å². The maximum Gasteiger partial charge on any atom is 0.204 e. The summed E-state index contributed by atoms with van der Waals surface area (Å²) in [6.45, 7) is -1.46. The summed E-state index contributed by atoms with van der Waals surface area (Å²) in [4.78, 5) is 12.9. The van der Waals surface area contributed by atoms with E-state index in [1.54, 1.807) is 0 Å². The maximum absolute atomic E-state index is 12.9. The van der Waals surface area contributed by atoms with Gasteiger partial charge in [-0.1, -0.05) is 6.07 Å². The molecule has 4 aromatic rings. The van der Waals surface area contributed by atoms with E-state index in [0.29, 0.717) is 0 Å². The smallest absolute Gasteiger partial charge is 0.204 e. The lowest BCUT2D eigenvalue weighted by atomic mass is 9.98. The number of hydrogen-bond donors (Lipinski definition) is 8. The van der Waals surface area contributed by atoms with Crippen LogP contribution >= 0.6 is 0 Å². The Balaban J connectivity index is 1.56. The van der Waals surface area contributed by atoms with Gasteiger partial charge in [-0.2, -0.15) is 0 Å². The standard InChI is InChI=1S/C33H36O16/c1-43-21-6-14(4-5-17(21)37)31(49-33-30(42)29(41)28(40)25(12-34)48-33)26(13-35)47-32-23(44-2)7-15(8-24(32)45-3)20-11-19(39)27-18(38)9-16(36)10-22(27)46-20/h4-11,25-26,28-31,33-38,40-42H,12-13H2,1-3H3/t25-,26-,28-,29+,30-,31+,33+/m1/s1. The van der Waals surface area contributed by atoms with Crippen LogP contribution in [0.1, 0.15) is 11.7 Å². The van der Waals surface area contributed by atoms with Crippen molar-refractivity contribution in [2.24, 2.45) is 0 Å². The Labute approximate surface area is 278 Å². The highest BCUT2D eigenvalue weighted by atomic mass is 16.7. The average molecular weight is 689 g/mol. The van der Waals surface area contributed by atoms with E-state index in [0.717, 1.165) is 12.1 Å². The highest BCUT2D eigenvalue weighted by Gasteiger charge is 2.46. The van der Waals surface area contributed by atoms with Gasteiger partial charge in [-0.15, -0.1) is 0 Å². The number of aliphatic hydroxyl groups is 5. The number of rotatable bonds is 12. The second kappa shape index (κ2) is 14.8. The zero-order valence-electron chi connectivity index (χ0n) is 26.4. The first-order valence-electron chi connectivity index (χ1n) is 14.8. The van der Waals surface area contributed by atoms with Crippen molar-refractivity contribution in [3.8, 4) is 51.6 Å². The van der Waals surface area contributed by atoms with Crippen LogP contribution in [-0.2, 0) is 9.47 Å². The van der Waals surface area contributed by atoms with Crippen LogP contribution in [0.4, 0.5) is 0 Å². The van der Waals surface area contributed by atoms with E-state index in [9.17, 15) is 45.6 Å². The Hall–Kier alpha value is -4.81. The predicted octanol–water partition coefficient (Wildman–Crippen LogP) is 0.900. The molecule has 0 radical (unpaired) electrons. The van der Waals surface area contributed by atoms with E-state index < -0.39 is 67.3 Å². The van der Waals surface area contributed by atoms with Gasteiger partial charge in [-0.3, -0.25) is 4.79 Å². The molecule has 7 atom stereocenters. The quantitative estimate of drug-likeness (QED) is 0.103. The van der Waals surface area contributed by atoms with Crippen molar-refractivity contribution in [1.82, 2.24) is 0 Å². The summed E-state index contributed by atoms with van der Waals surface area (Å²) in [6, 6.07) is 10.3. The molecule has 0 bridgehead atoms. The molecule has 8 N–H and O–H groups in total. The zero-order valence-corrected chi connectivity index (χ0v) is 26.4. The van der Waals surface area contributed by atoms with Crippen LogP contribution in [0.25, 0.3) is 22.3 Å². The molecule has 0 saturated carbocycles. The molecule has 2 heterocycles. The summed E-state index contributed by atoms with van der Waals surface area (Å²) in [6.07, 6.45) is -10.9. The summed E-state index contributed by atoms with van der Waals surface area (Å²) in [7, 11) is 3.95. The minimum atomic E-state index is -1.80. The van der Waals surface area contributed by atoms with Gasteiger partial charge in [0.25, 0.3) is 0 Å². The fourth-order valence-electron chi connectivity index (χ4n) is 5.46. The van der Waals surface area contributed by atoms with Crippen molar-refractivity contribution in [2.45, 2.75) is 42.9 Å². The number of ether oxygens (including phenoxy) is 6. The van der Waals surface area contributed by atoms with Gasteiger partial charge >= 0.3 is 0 Å². The minimum absolute atomic E-state index is 0.0179. The Bertz CT molecular complexity index is 1810. The number of phenolic OH excluding ortho intramolecular Hbond substituents is 3. The molecular weight excluding hydrogens is 652 g/mol. The minimum Gasteiger partial charge on any atom is -0.508 e. The molecule has 1 aliphatic rings. The van der Waals surface area contributed by atoms with Crippen LogP contribution in [0, 0.1) is 0 Å². The average Bonchev–Trinajstić information content (AvgIpc) is 3.09. The van der Waals surface area contributed by atoms with Gasteiger partial charge in [0.2, 0.25) is 5.75 Å². The molecule has 0 spiro atoms. The third kappa shape index (κ3) is 7.02. The number of phenols is 3. The lowest BCUT2D eigenvalue weighted by molar-refractivity contribution is -0.318. The molecule has 1 aliphatic heterocycles. The molecule has 1 aromatic heterocycles. The summed E-state index contributed by atoms with van der Waals surface area (Å²) in [5, 5.41) is 81.8. The van der Waals surface area contributed by atoms with E-state index >= 15 is 0 Å². The van der Waals surface area contributed by atoms with Crippen LogP contribution in [-0.4, -0.2) is 112 Å². The normalized spacial score (nSPS) is 22.0. The fourth-order valence-corrected chi connectivity index (χ4v) is 5.46. The van der Waals surface area contributed by atoms with Crippen molar-refractivity contribution >= 4 is 11.0 Å². The lowest BCUT2D eigenvalue weighted by Gasteiger charge is -2.41. The molecule has 49 heavy (non-hydrogen) atoms. The Morgan fingerprint density at radius 1 is 0.796 bits per heavy atom. The largest absolute Gasteiger partial charge is 0.508 e. The molecule has 1 saturated heterocycles. The van der Waals surface area contributed by atoms with Gasteiger partial charge in [0.15, 0.2) is 40.8 Å². The van der Waals surface area contributed by atoms with E-state index in [1.165, 1.54) is 57.7 Å². The SMILES string of the molecule is COc1cc([C@H](O[C@@H]2O[C@H](CO)[C@@H](O)[C@H](O)[C@H]2O)[C@@H](CO)Oc2c(OC)cc(-c3cc(=O)c4c(O)cc(O)cc4o3)cc2OC)ccc1O. The molecule has 3 aromatic carbocycles. The second-order valence-corrected chi connectivity index (χ2v) is 11.0. The molecule has 0 aliphatic carbocycles. The van der Waals surface area contributed by atoms with Gasteiger partial charge in [0, 0.05) is 23.8 Å². The Morgan fingerprint density at radius 2 is 1.47 bits per heavy atom. The highest BCUT2D eigenvalue weighted by Crippen LogP contribution is 2.44. The van der Waals surface area contributed by atoms with Gasteiger partial charge < -0.3 is 73.7 Å². The van der Waals surface area contributed by atoms with Gasteiger partial charge in [0.1, 0.15) is 58.7 Å². The molecule has 1 fully saturated rings. The molecular formula is C33H36O16. The Kier molecular flexibility index (Phi) is 10.7. The molecule has 16 nitrogen and oxygen atoms in total. The summed E-state index contributed by atoms with van der Waals surface area (Å²) >= 11 is 0. The van der Waals surface area contributed by atoms with E-state index in [2.05, 4.69) is 0 Å². The van der Waals surface area contributed by atoms with Crippen molar-refractivity contribution < 1.29 is 73.7 Å². The molecule has 5 rings (SSSR count). The number of fused-ring (bicyclic) bond motifs is 1. The topological polar surface area (TPSA) is 247 Å². The van der Waals surface area contributed by atoms with Crippen LogP contribution in [0.5, 0.6) is 40.2 Å². The van der Waals surface area contributed by atoms with Crippen LogP contribution in [0.15, 0.2) is 57.7 Å². The Morgan fingerprint density at radius 3 is 2.08 bits per heavy atom. The van der Waals surface area contributed by atoms with Crippen molar-refractivity contribution in [2.75, 3.05) is 34.5 Å². The first-order chi connectivity index (χ1) is 23.4. The van der Waals surface area contributed by atoms with E-state index in [-0.39, 0.29) is 62.4 Å². The number of aliphatic hydroxyl groups excluding tert-OH is 5. The third-order valence-electron chi connectivity index (χ3n) is 7.99. The summed E-state index contributed by atoms with van der Waals surface area (Å²) in [5.74, 6) is -0.960. The van der Waals surface area contributed by atoms with Gasteiger partial charge in [0.05, 0.1) is 34.5 Å². The van der Waals surface area contributed by atoms with Crippen molar-refractivity contribution in [3.63, 3.8) is 0 Å². The van der Waals surface area contributed by atoms with Crippen LogP contribution in [0.2, 0.25) is 0 Å². The van der Waals surface area contributed by atoms with E-state index in [1.807, 2.05) is 0 Å². The summed E-state index contributed by atoms with van der Waals surface area (Å²) < 4.78 is 40.1. The fraction of sp³-hybridized carbons (Fsp3) is 0.364. The zero-order chi connectivity index (χ0) is 35.6. The maximum atomic E-state index is 12.9. The van der Waals surface area contributed by atoms with E-state index in [4.69, 9.17) is 32.8 Å². The number of benzene rings is 3. The predicted molar refractivity (Wildman–Crippen MR) is 168 cm³/mol. The second-order valence-electron chi connectivity index (χ2n) is 11.0. The van der Waals surface area contributed by atoms with Gasteiger partial charge in [-0.05, 0) is 29.8 Å². The molecule has 16 heteroatoms. The highest BCUT2D eigenvalue weighted by molar-refractivity contribution is 5.86. The monoisotopic (exact) mass is 688 g/mol. The van der Waals surface area contributed by atoms with Crippen molar-refractivity contribution in [3.05, 3.63) is 64.3 Å². The van der Waals surface area contributed by atoms with Crippen molar-refractivity contribution in [1.29, 1.82) is 0 Å². The van der Waals surface area contributed by atoms with Crippen LogP contribution < -0.4 is 24.4 Å².